The molecule has 2 aromatic rings. The predicted octanol–water partition coefficient (Wildman–Crippen LogP) is 3.23. The van der Waals surface area contributed by atoms with Gasteiger partial charge in [-0.3, -0.25) is 9.59 Å². The lowest BCUT2D eigenvalue weighted by Crippen LogP contribution is -2.23. The minimum absolute atomic E-state index is 0.00602. The summed E-state index contributed by atoms with van der Waals surface area (Å²) < 4.78 is 10.8. The summed E-state index contributed by atoms with van der Waals surface area (Å²) in [5.41, 5.74) is 1.00. The van der Waals surface area contributed by atoms with Gasteiger partial charge in [0.2, 0.25) is 5.91 Å². The first kappa shape index (κ1) is 16.8. The van der Waals surface area contributed by atoms with Gasteiger partial charge < -0.3 is 14.5 Å². The summed E-state index contributed by atoms with van der Waals surface area (Å²) in [4.78, 5) is 35.5. The van der Waals surface area contributed by atoms with E-state index in [1.165, 1.54) is 19.4 Å². The molecule has 0 spiro atoms. The zero-order valence-corrected chi connectivity index (χ0v) is 14.6. The van der Waals surface area contributed by atoms with E-state index < -0.39 is 5.63 Å². The van der Waals surface area contributed by atoms with E-state index in [-0.39, 0.29) is 24.4 Å². The SMILES string of the molecule is CC(=O)Nc1ccc2c(COC(=O)[C@H]3C[C@H]4CC[C@H]3C4)cc(=O)oc2c1. The van der Waals surface area contributed by atoms with Crippen LogP contribution in [0.2, 0.25) is 0 Å². The van der Waals surface area contributed by atoms with Crippen molar-refractivity contribution in [3.05, 3.63) is 40.2 Å². The predicted molar refractivity (Wildman–Crippen MR) is 95.5 cm³/mol. The van der Waals surface area contributed by atoms with Crippen LogP contribution < -0.4 is 10.9 Å². The fourth-order valence-corrected chi connectivity index (χ4v) is 4.42. The number of nitrogens with one attached hydrogen (secondary N) is 1. The lowest BCUT2D eigenvalue weighted by Gasteiger charge is -2.20. The Balaban J connectivity index is 1.53. The summed E-state index contributed by atoms with van der Waals surface area (Å²) in [6.07, 6.45) is 4.43. The highest BCUT2D eigenvalue weighted by Gasteiger charge is 2.43. The van der Waals surface area contributed by atoms with Crippen LogP contribution in [-0.2, 0) is 20.9 Å². The monoisotopic (exact) mass is 355 g/mol. The number of hydrogen-bond acceptors (Lipinski definition) is 5. The highest BCUT2D eigenvalue weighted by molar-refractivity contribution is 5.92. The molecule has 1 N–H and O–H groups in total. The van der Waals surface area contributed by atoms with Crippen molar-refractivity contribution in [2.24, 2.45) is 17.8 Å². The van der Waals surface area contributed by atoms with Gasteiger partial charge in [-0.1, -0.05) is 6.42 Å². The van der Waals surface area contributed by atoms with Crippen molar-refractivity contribution in [2.45, 2.75) is 39.2 Å². The van der Waals surface area contributed by atoms with Crippen LogP contribution in [0.4, 0.5) is 5.69 Å². The highest BCUT2D eigenvalue weighted by atomic mass is 16.5. The fraction of sp³-hybridized carbons (Fsp3) is 0.450. The van der Waals surface area contributed by atoms with Crippen LogP contribution in [0.25, 0.3) is 11.0 Å². The summed E-state index contributed by atoms with van der Waals surface area (Å²) in [6.45, 7) is 1.46. The van der Waals surface area contributed by atoms with Crippen molar-refractivity contribution in [2.75, 3.05) is 5.32 Å². The molecule has 4 rings (SSSR count). The molecular weight excluding hydrogens is 334 g/mol. The Morgan fingerprint density at radius 3 is 2.77 bits per heavy atom. The van der Waals surface area contributed by atoms with Gasteiger partial charge in [0.25, 0.3) is 0 Å². The Labute approximate surface area is 150 Å². The van der Waals surface area contributed by atoms with E-state index in [2.05, 4.69) is 5.32 Å². The number of fused-ring (bicyclic) bond motifs is 3. The van der Waals surface area contributed by atoms with E-state index in [9.17, 15) is 14.4 Å². The minimum atomic E-state index is -0.511. The van der Waals surface area contributed by atoms with Crippen LogP contribution in [0, 0.1) is 17.8 Å². The van der Waals surface area contributed by atoms with Crippen LogP contribution >= 0.6 is 0 Å². The molecule has 1 amide bonds. The highest BCUT2D eigenvalue weighted by Crippen LogP contribution is 2.48. The summed E-state index contributed by atoms with van der Waals surface area (Å²) in [5, 5.41) is 3.35. The molecule has 2 bridgehead atoms. The second-order valence-corrected chi connectivity index (χ2v) is 7.37. The molecule has 6 nitrogen and oxygen atoms in total. The van der Waals surface area contributed by atoms with Crippen molar-refractivity contribution in [3.63, 3.8) is 0 Å². The van der Waals surface area contributed by atoms with Gasteiger partial charge in [0.05, 0.1) is 5.92 Å². The first-order valence-corrected chi connectivity index (χ1v) is 9.00. The first-order valence-electron chi connectivity index (χ1n) is 9.00. The molecule has 2 aliphatic carbocycles. The number of esters is 1. The number of ether oxygens (including phenoxy) is 1. The molecule has 1 heterocycles. The normalized spacial score (nSPS) is 24.0. The van der Waals surface area contributed by atoms with Crippen molar-refractivity contribution in [3.8, 4) is 0 Å². The molecule has 2 aliphatic rings. The van der Waals surface area contributed by atoms with E-state index in [1.807, 2.05) is 0 Å². The Hall–Kier alpha value is -2.63. The Kier molecular flexibility index (Phi) is 4.26. The zero-order chi connectivity index (χ0) is 18.3. The summed E-state index contributed by atoms with van der Waals surface area (Å²) in [5.74, 6) is 0.780. The molecule has 1 aromatic carbocycles. The smallest absolute Gasteiger partial charge is 0.336 e. The van der Waals surface area contributed by atoms with Crippen LogP contribution in [-0.4, -0.2) is 11.9 Å². The van der Waals surface area contributed by atoms with Crippen molar-refractivity contribution >= 4 is 28.5 Å². The van der Waals surface area contributed by atoms with Gasteiger partial charge in [-0.2, -0.15) is 0 Å². The Morgan fingerprint density at radius 1 is 1.23 bits per heavy atom. The van der Waals surface area contributed by atoms with Gasteiger partial charge in [-0.15, -0.1) is 0 Å². The molecule has 2 saturated carbocycles. The van der Waals surface area contributed by atoms with Crippen LogP contribution in [0.15, 0.2) is 33.5 Å². The second kappa shape index (κ2) is 6.59. The standard InChI is InChI=1S/C20H21NO5/c1-11(22)21-15-4-5-16-14(8-19(23)26-18(16)9-15)10-25-20(24)17-7-12-2-3-13(17)6-12/h4-5,8-9,12-13,17H,2-3,6-7,10H2,1H3,(H,21,22)/t12-,13-,17-/m0/s1. The van der Waals surface area contributed by atoms with Gasteiger partial charge in [-0.25, -0.2) is 4.79 Å². The van der Waals surface area contributed by atoms with Gasteiger partial charge >= 0.3 is 11.6 Å². The first-order chi connectivity index (χ1) is 12.5. The number of carbonyl (C=O) groups is 2. The van der Waals surface area contributed by atoms with Crippen LogP contribution in [0.3, 0.4) is 0 Å². The molecular formula is C20H21NO5. The minimum Gasteiger partial charge on any atom is -0.461 e. The molecule has 3 atom stereocenters. The van der Waals surface area contributed by atoms with Crippen molar-refractivity contribution in [1.82, 2.24) is 0 Å². The number of carbonyl (C=O) groups excluding carboxylic acids is 2. The van der Waals surface area contributed by atoms with E-state index >= 15 is 0 Å². The third-order valence-corrected chi connectivity index (χ3v) is 5.56. The molecule has 0 unspecified atom stereocenters. The number of benzene rings is 1. The molecule has 2 fully saturated rings. The Morgan fingerprint density at radius 2 is 2.08 bits per heavy atom. The molecule has 26 heavy (non-hydrogen) atoms. The molecule has 1 aromatic heterocycles. The maximum atomic E-state index is 12.4. The fourth-order valence-electron chi connectivity index (χ4n) is 4.42. The largest absolute Gasteiger partial charge is 0.461 e. The van der Waals surface area contributed by atoms with Crippen molar-refractivity contribution in [1.29, 1.82) is 0 Å². The van der Waals surface area contributed by atoms with Gasteiger partial charge in [0, 0.05) is 35.7 Å². The summed E-state index contributed by atoms with van der Waals surface area (Å²) in [7, 11) is 0. The molecule has 0 aliphatic heterocycles. The van der Waals surface area contributed by atoms with Gasteiger partial charge in [0.15, 0.2) is 0 Å². The molecule has 136 valence electrons. The number of rotatable bonds is 4. The maximum Gasteiger partial charge on any atom is 0.336 e. The zero-order valence-electron chi connectivity index (χ0n) is 14.6. The maximum absolute atomic E-state index is 12.4. The molecule has 6 heteroatoms. The number of amides is 1. The third-order valence-electron chi connectivity index (χ3n) is 5.56. The van der Waals surface area contributed by atoms with E-state index in [0.717, 1.165) is 19.3 Å². The Bertz CT molecular complexity index is 931. The van der Waals surface area contributed by atoms with E-state index in [1.54, 1.807) is 18.2 Å². The van der Waals surface area contributed by atoms with Gasteiger partial charge in [-0.05, 0) is 43.2 Å². The summed E-state index contributed by atoms with van der Waals surface area (Å²) in [6, 6.07) is 6.43. The summed E-state index contributed by atoms with van der Waals surface area (Å²) >= 11 is 0. The second-order valence-electron chi connectivity index (χ2n) is 7.37. The lowest BCUT2D eigenvalue weighted by atomic mass is 9.89. The average Bonchev–Trinajstić information content (AvgIpc) is 3.21. The van der Waals surface area contributed by atoms with E-state index in [4.69, 9.17) is 9.15 Å². The van der Waals surface area contributed by atoms with Crippen LogP contribution in [0.1, 0.15) is 38.2 Å². The average molecular weight is 355 g/mol. The third kappa shape index (κ3) is 3.23. The van der Waals surface area contributed by atoms with E-state index in [0.29, 0.717) is 34.1 Å². The topological polar surface area (TPSA) is 85.6 Å². The molecule has 0 radical (unpaired) electrons. The quantitative estimate of drug-likeness (QED) is 0.672. The number of anilines is 1. The molecule has 0 saturated heterocycles. The van der Waals surface area contributed by atoms with Crippen LogP contribution in [0.5, 0.6) is 0 Å². The number of hydrogen-bond donors (Lipinski definition) is 1. The van der Waals surface area contributed by atoms with Gasteiger partial charge in [0.1, 0.15) is 12.2 Å². The lowest BCUT2D eigenvalue weighted by molar-refractivity contribution is -0.151. The van der Waals surface area contributed by atoms with Crippen molar-refractivity contribution < 1.29 is 18.7 Å².